The van der Waals surface area contributed by atoms with E-state index in [4.69, 9.17) is 0 Å². The number of hydrogen-bond donors (Lipinski definition) is 2. The van der Waals surface area contributed by atoms with Gasteiger partial charge in [-0.2, -0.15) is 13.2 Å². The van der Waals surface area contributed by atoms with Crippen molar-refractivity contribution >= 4 is 17.5 Å². The van der Waals surface area contributed by atoms with Gasteiger partial charge in [-0.05, 0) is 12.1 Å². The predicted molar refractivity (Wildman–Crippen MR) is 83.7 cm³/mol. The number of halogens is 4. The van der Waals surface area contributed by atoms with E-state index in [-0.39, 0.29) is 30.3 Å². The Kier molecular flexibility index (Phi) is 6.78. The topological polar surface area (TPSA) is 67.4 Å². The second-order valence-electron chi connectivity index (χ2n) is 6.35. The minimum absolute atomic E-state index is 0.0377. The molecule has 2 N–H and O–H groups in total. The molecule has 1 aromatic rings. The van der Waals surface area contributed by atoms with E-state index in [2.05, 4.69) is 15.4 Å². The summed E-state index contributed by atoms with van der Waals surface area (Å²) in [5, 5.41) is 4.83. The average molecular weight is 364 g/mol. The first-order valence-corrected chi connectivity index (χ1v) is 7.46. The first-order valence-electron chi connectivity index (χ1n) is 7.46. The van der Waals surface area contributed by atoms with Crippen LogP contribution < -0.4 is 15.4 Å². The quantitative estimate of drug-likeness (QED) is 0.762. The van der Waals surface area contributed by atoms with Crippen molar-refractivity contribution in [3.05, 3.63) is 24.0 Å². The first-order chi connectivity index (χ1) is 11.4. The Labute approximate surface area is 142 Å². The predicted octanol–water partition coefficient (Wildman–Crippen LogP) is 3.26. The summed E-state index contributed by atoms with van der Waals surface area (Å²) in [6.07, 6.45) is -4.69. The van der Waals surface area contributed by atoms with Crippen LogP contribution in [0, 0.1) is 11.2 Å². The zero-order valence-electron chi connectivity index (χ0n) is 14.1. The molecule has 0 spiro atoms. The number of amides is 2. The minimum atomic E-state index is -4.56. The molecule has 0 aliphatic heterocycles. The number of benzene rings is 1. The zero-order valence-corrected chi connectivity index (χ0v) is 14.1. The summed E-state index contributed by atoms with van der Waals surface area (Å²) in [5.74, 6) is -1.89. The van der Waals surface area contributed by atoms with Crippen molar-refractivity contribution in [2.75, 3.05) is 18.5 Å². The van der Waals surface area contributed by atoms with Crippen LogP contribution in [-0.2, 0) is 9.59 Å². The Hall–Kier alpha value is -2.32. The Morgan fingerprint density at radius 1 is 1.16 bits per heavy atom. The molecule has 0 aliphatic carbocycles. The van der Waals surface area contributed by atoms with Gasteiger partial charge in [0.15, 0.2) is 6.61 Å². The molecule has 0 radical (unpaired) electrons. The number of nitrogens with one attached hydrogen (secondary N) is 2. The van der Waals surface area contributed by atoms with Crippen molar-refractivity contribution in [1.29, 1.82) is 0 Å². The van der Waals surface area contributed by atoms with E-state index in [1.165, 1.54) is 0 Å². The molecule has 9 heteroatoms. The smallest absolute Gasteiger partial charge is 0.422 e. The molecule has 0 unspecified atom stereocenters. The molecule has 0 atom stereocenters. The molecule has 0 heterocycles. The highest BCUT2D eigenvalue weighted by molar-refractivity contribution is 5.92. The molecule has 2 amide bonds. The summed E-state index contributed by atoms with van der Waals surface area (Å²) < 4.78 is 54.5. The Balaban J connectivity index is 2.64. The average Bonchev–Trinajstić information content (AvgIpc) is 2.44. The third-order valence-electron chi connectivity index (χ3n) is 2.93. The normalized spacial score (nSPS) is 11.8. The van der Waals surface area contributed by atoms with Crippen molar-refractivity contribution in [2.24, 2.45) is 5.41 Å². The lowest BCUT2D eigenvalue weighted by Crippen LogP contribution is -2.36. The van der Waals surface area contributed by atoms with Gasteiger partial charge in [0.25, 0.3) is 0 Å². The summed E-state index contributed by atoms with van der Waals surface area (Å²) in [6, 6.07) is 2.78. The minimum Gasteiger partial charge on any atom is -0.482 e. The van der Waals surface area contributed by atoms with E-state index in [0.29, 0.717) is 0 Å². The number of anilines is 1. The molecular formula is C16H20F4N2O3. The summed E-state index contributed by atoms with van der Waals surface area (Å²) in [4.78, 5) is 23.5. The zero-order chi connectivity index (χ0) is 19.3. The lowest BCUT2D eigenvalue weighted by Gasteiger charge is -2.17. The standard InChI is InChI=1S/C16H20F4N2O3/c1-15(2,3)14(24)21-7-6-13(23)22-11-8-10(17)4-5-12(11)25-9-16(18,19)20/h4-5,8H,6-7,9H2,1-3H3,(H,21,24)(H,22,23). The van der Waals surface area contributed by atoms with E-state index >= 15 is 0 Å². The van der Waals surface area contributed by atoms with Crippen molar-refractivity contribution in [3.8, 4) is 5.75 Å². The van der Waals surface area contributed by atoms with Crippen molar-refractivity contribution < 1.29 is 31.9 Å². The largest absolute Gasteiger partial charge is 0.482 e. The molecule has 0 aromatic heterocycles. The second-order valence-corrected chi connectivity index (χ2v) is 6.35. The maximum Gasteiger partial charge on any atom is 0.422 e. The van der Waals surface area contributed by atoms with Gasteiger partial charge in [-0.3, -0.25) is 9.59 Å². The van der Waals surface area contributed by atoms with Gasteiger partial charge in [0.1, 0.15) is 11.6 Å². The molecular weight excluding hydrogens is 344 g/mol. The number of hydrogen-bond acceptors (Lipinski definition) is 3. The van der Waals surface area contributed by atoms with Crippen LogP contribution in [0.3, 0.4) is 0 Å². The lowest BCUT2D eigenvalue weighted by molar-refractivity contribution is -0.153. The molecule has 0 aliphatic rings. The van der Waals surface area contributed by atoms with Crippen LogP contribution in [0.25, 0.3) is 0 Å². The van der Waals surface area contributed by atoms with Crippen LogP contribution >= 0.6 is 0 Å². The second kappa shape index (κ2) is 8.17. The number of alkyl halides is 3. The SMILES string of the molecule is CC(C)(C)C(=O)NCCC(=O)Nc1cc(F)ccc1OCC(F)(F)F. The van der Waals surface area contributed by atoms with E-state index in [9.17, 15) is 27.2 Å². The summed E-state index contributed by atoms with van der Waals surface area (Å²) >= 11 is 0. The van der Waals surface area contributed by atoms with Crippen LogP contribution in [0.5, 0.6) is 5.75 Å². The number of ether oxygens (including phenoxy) is 1. The Morgan fingerprint density at radius 3 is 2.36 bits per heavy atom. The van der Waals surface area contributed by atoms with Gasteiger partial charge in [-0.25, -0.2) is 4.39 Å². The van der Waals surface area contributed by atoms with E-state index in [0.717, 1.165) is 18.2 Å². The van der Waals surface area contributed by atoms with Gasteiger partial charge in [-0.1, -0.05) is 20.8 Å². The van der Waals surface area contributed by atoms with Crippen molar-refractivity contribution in [3.63, 3.8) is 0 Å². The van der Waals surface area contributed by atoms with Crippen LogP contribution in [0.15, 0.2) is 18.2 Å². The molecule has 0 saturated heterocycles. The summed E-state index contributed by atoms with van der Waals surface area (Å²) in [5.41, 5.74) is -0.825. The fourth-order valence-corrected chi connectivity index (χ4v) is 1.65. The molecule has 0 saturated carbocycles. The van der Waals surface area contributed by atoms with Gasteiger partial charge in [-0.15, -0.1) is 0 Å². The number of carbonyl (C=O) groups excluding carboxylic acids is 2. The molecule has 0 fully saturated rings. The maximum absolute atomic E-state index is 13.3. The highest BCUT2D eigenvalue weighted by Crippen LogP contribution is 2.27. The number of rotatable bonds is 6. The molecule has 0 bridgehead atoms. The molecule has 25 heavy (non-hydrogen) atoms. The van der Waals surface area contributed by atoms with Gasteiger partial charge in [0, 0.05) is 24.4 Å². The monoisotopic (exact) mass is 364 g/mol. The van der Waals surface area contributed by atoms with Gasteiger partial charge in [0.2, 0.25) is 11.8 Å². The van der Waals surface area contributed by atoms with E-state index in [1.54, 1.807) is 20.8 Å². The Bertz CT molecular complexity index is 625. The van der Waals surface area contributed by atoms with Crippen molar-refractivity contribution in [2.45, 2.75) is 33.4 Å². The van der Waals surface area contributed by atoms with E-state index < -0.39 is 29.9 Å². The third kappa shape index (κ3) is 7.86. The third-order valence-corrected chi connectivity index (χ3v) is 2.93. The fourth-order valence-electron chi connectivity index (χ4n) is 1.65. The fraction of sp³-hybridized carbons (Fsp3) is 0.500. The maximum atomic E-state index is 13.3. The van der Waals surface area contributed by atoms with Crippen molar-refractivity contribution in [1.82, 2.24) is 5.32 Å². The summed E-state index contributed by atoms with van der Waals surface area (Å²) in [6.45, 7) is 3.59. The van der Waals surface area contributed by atoms with Gasteiger partial charge < -0.3 is 15.4 Å². The van der Waals surface area contributed by atoms with Gasteiger partial charge >= 0.3 is 6.18 Å². The number of carbonyl (C=O) groups is 2. The summed E-state index contributed by atoms with van der Waals surface area (Å²) in [7, 11) is 0. The van der Waals surface area contributed by atoms with Crippen LogP contribution in [-0.4, -0.2) is 31.1 Å². The first kappa shape index (κ1) is 20.7. The molecule has 140 valence electrons. The molecule has 5 nitrogen and oxygen atoms in total. The molecule has 1 rings (SSSR count). The van der Waals surface area contributed by atoms with Crippen LogP contribution in [0.1, 0.15) is 27.2 Å². The van der Waals surface area contributed by atoms with Crippen LogP contribution in [0.2, 0.25) is 0 Å². The Morgan fingerprint density at radius 2 is 1.80 bits per heavy atom. The van der Waals surface area contributed by atoms with E-state index in [1.807, 2.05) is 0 Å². The molecule has 1 aromatic carbocycles. The van der Waals surface area contributed by atoms with Crippen LogP contribution in [0.4, 0.5) is 23.2 Å². The highest BCUT2D eigenvalue weighted by Gasteiger charge is 2.29. The highest BCUT2D eigenvalue weighted by atomic mass is 19.4. The van der Waals surface area contributed by atoms with Gasteiger partial charge in [0.05, 0.1) is 5.69 Å². The lowest BCUT2D eigenvalue weighted by atomic mass is 9.96.